The Morgan fingerprint density at radius 2 is 1.12 bits per heavy atom. The molecule has 0 amide bonds. The summed E-state index contributed by atoms with van der Waals surface area (Å²) in [5.41, 5.74) is 10.3. The molecule has 0 aliphatic heterocycles. The van der Waals surface area contributed by atoms with Gasteiger partial charge in [0.2, 0.25) is 0 Å². The third-order valence-corrected chi connectivity index (χ3v) is 11.5. The average Bonchev–Trinajstić information content (AvgIpc) is 3.78. The van der Waals surface area contributed by atoms with E-state index < -0.39 is 0 Å². The van der Waals surface area contributed by atoms with Gasteiger partial charge in [-0.2, -0.15) is 0 Å². The molecule has 0 atom stereocenters. The Hall–Kier alpha value is -6.69. The van der Waals surface area contributed by atoms with Gasteiger partial charge in [-0.05, 0) is 59.7 Å². The number of nitrogens with zero attached hydrogens (tertiary/aromatic N) is 4. The number of benzene rings is 7. The Bertz CT molecular complexity index is 3160. The van der Waals surface area contributed by atoms with E-state index in [0.29, 0.717) is 5.82 Å². The highest BCUT2D eigenvalue weighted by Crippen LogP contribution is 2.48. The molecule has 11 rings (SSSR count). The maximum absolute atomic E-state index is 5.15. The van der Waals surface area contributed by atoms with Gasteiger partial charge in [-0.25, -0.2) is 9.97 Å². The zero-order valence-electron chi connectivity index (χ0n) is 27.9. The molecule has 0 fully saturated rings. The van der Waals surface area contributed by atoms with Gasteiger partial charge >= 0.3 is 0 Å². The van der Waals surface area contributed by atoms with Gasteiger partial charge in [-0.3, -0.25) is 4.98 Å². The van der Waals surface area contributed by atoms with Crippen LogP contribution in [0.3, 0.4) is 0 Å². The summed E-state index contributed by atoms with van der Waals surface area (Å²) >= 11 is 1.89. The number of hydrogen-bond donors (Lipinski definition) is 0. The first kappa shape index (κ1) is 29.1. The molecule has 0 aliphatic carbocycles. The van der Waals surface area contributed by atoms with Gasteiger partial charge in [-0.1, -0.05) is 115 Å². The van der Waals surface area contributed by atoms with E-state index in [9.17, 15) is 0 Å². The number of aromatic nitrogens is 4. The van der Waals surface area contributed by atoms with E-state index in [1.54, 1.807) is 0 Å². The highest BCUT2D eigenvalue weighted by atomic mass is 32.1. The van der Waals surface area contributed by atoms with E-state index >= 15 is 0 Å². The van der Waals surface area contributed by atoms with Gasteiger partial charge < -0.3 is 4.57 Å². The average molecular weight is 681 g/mol. The first-order chi connectivity index (χ1) is 25.8. The highest BCUT2D eigenvalue weighted by Gasteiger charge is 2.22. The van der Waals surface area contributed by atoms with Crippen molar-refractivity contribution in [3.05, 3.63) is 170 Å². The van der Waals surface area contributed by atoms with Crippen molar-refractivity contribution in [3.8, 4) is 39.5 Å². The summed E-state index contributed by atoms with van der Waals surface area (Å²) in [4.78, 5) is 14.9. The molecule has 0 aliphatic rings. The summed E-state index contributed by atoms with van der Waals surface area (Å²) in [6.45, 7) is 0. The van der Waals surface area contributed by atoms with Gasteiger partial charge in [0.15, 0.2) is 5.82 Å². The largest absolute Gasteiger partial charge is 0.309 e. The molecule has 4 heterocycles. The van der Waals surface area contributed by atoms with Gasteiger partial charge in [0.25, 0.3) is 0 Å². The third-order valence-electron chi connectivity index (χ3n) is 10.3. The lowest BCUT2D eigenvalue weighted by atomic mass is 10.00. The van der Waals surface area contributed by atoms with Gasteiger partial charge in [0.05, 0.1) is 16.6 Å². The molecule has 0 spiro atoms. The van der Waals surface area contributed by atoms with Crippen molar-refractivity contribution in [3.63, 3.8) is 0 Å². The molecular weight excluding hydrogens is 653 g/mol. The minimum atomic E-state index is 0.674. The summed E-state index contributed by atoms with van der Waals surface area (Å²) in [6.07, 6.45) is 1.81. The molecule has 5 heteroatoms. The van der Waals surface area contributed by atoms with Crippen molar-refractivity contribution in [2.75, 3.05) is 0 Å². The lowest BCUT2D eigenvalue weighted by molar-refractivity contribution is 1.18. The second kappa shape index (κ2) is 11.4. The Balaban J connectivity index is 1.09. The standard InChI is InChI=1S/C47H28N4S/c1-2-11-29(12-3-1)30-20-22-31(23-21-30)43-44-38(17-10-28-48-44)49-47(50-43)32-24-26-33(27-25-32)51-39-18-8-6-15-36(39)41-42-37-16-7-9-19-40(37)52-46(42)35-14-5-4-13-34(35)45(41)51/h1-28H. The lowest BCUT2D eigenvalue weighted by Crippen LogP contribution is -1.98. The van der Waals surface area contributed by atoms with Crippen molar-refractivity contribution in [1.82, 2.24) is 19.5 Å². The molecule has 0 unspecified atom stereocenters. The van der Waals surface area contributed by atoms with Crippen molar-refractivity contribution in [1.29, 1.82) is 0 Å². The zero-order valence-corrected chi connectivity index (χ0v) is 28.7. The van der Waals surface area contributed by atoms with E-state index in [4.69, 9.17) is 15.0 Å². The maximum atomic E-state index is 5.15. The highest BCUT2D eigenvalue weighted by molar-refractivity contribution is 7.27. The van der Waals surface area contributed by atoms with E-state index in [2.05, 4.69) is 150 Å². The van der Waals surface area contributed by atoms with Crippen LogP contribution >= 0.6 is 11.3 Å². The Kier molecular flexibility index (Phi) is 6.39. The molecule has 0 N–H and O–H groups in total. The summed E-state index contributed by atoms with van der Waals surface area (Å²) in [7, 11) is 0. The van der Waals surface area contributed by atoms with E-state index in [-0.39, 0.29) is 0 Å². The molecule has 0 radical (unpaired) electrons. The van der Waals surface area contributed by atoms with Crippen LogP contribution in [0.25, 0.3) is 103 Å². The summed E-state index contributed by atoms with van der Waals surface area (Å²) in [6, 6.07) is 58.1. The Labute approximate surface area is 302 Å². The minimum Gasteiger partial charge on any atom is -0.309 e. The number of rotatable bonds is 4. The molecule has 7 aromatic carbocycles. The van der Waals surface area contributed by atoms with Crippen LogP contribution in [0.1, 0.15) is 0 Å². The predicted octanol–water partition coefficient (Wildman–Crippen LogP) is 12.6. The molecule has 0 saturated heterocycles. The first-order valence-electron chi connectivity index (χ1n) is 17.4. The Morgan fingerprint density at radius 1 is 0.462 bits per heavy atom. The van der Waals surface area contributed by atoms with Crippen LogP contribution < -0.4 is 0 Å². The molecule has 0 bridgehead atoms. The van der Waals surface area contributed by atoms with Crippen LogP contribution in [-0.2, 0) is 0 Å². The van der Waals surface area contributed by atoms with Crippen molar-refractivity contribution in [2.24, 2.45) is 0 Å². The van der Waals surface area contributed by atoms with E-state index in [0.717, 1.165) is 39.1 Å². The lowest BCUT2D eigenvalue weighted by Gasteiger charge is -2.12. The number of para-hydroxylation sites is 1. The molecular formula is C47H28N4S. The van der Waals surface area contributed by atoms with Crippen LogP contribution in [0.4, 0.5) is 0 Å². The van der Waals surface area contributed by atoms with Crippen LogP contribution in [0.15, 0.2) is 170 Å². The number of hydrogen-bond acceptors (Lipinski definition) is 4. The topological polar surface area (TPSA) is 43.6 Å². The zero-order chi connectivity index (χ0) is 34.2. The molecule has 4 nitrogen and oxygen atoms in total. The fourth-order valence-electron chi connectivity index (χ4n) is 7.90. The molecule has 11 aromatic rings. The summed E-state index contributed by atoms with van der Waals surface area (Å²) in [5.74, 6) is 0.674. The van der Waals surface area contributed by atoms with Crippen LogP contribution in [-0.4, -0.2) is 19.5 Å². The SMILES string of the molecule is c1ccc(-c2ccc(-c3nc(-c4ccc(-n5c6ccccc6c6c7c8ccccc8sc7c7ccccc7c65)cc4)nc4cccnc34)cc2)cc1. The normalized spacial score (nSPS) is 11.8. The summed E-state index contributed by atoms with van der Waals surface area (Å²) in [5, 5.41) is 7.75. The van der Waals surface area contributed by atoms with Gasteiger partial charge in [0.1, 0.15) is 11.2 Å². The monoisotopic (exact) mass is 680 g/mol. The fraction of sp³-hybridized carbons (Fsp3) is 0. The molecule has 242 valence electrons. The van der Waals surface area contributed by atoms with Gasteiger partial charge in [-0.15, -0.1) is 11.3 Å². The predicted molar refractivity (Wildman–Crippen MR) is 218 cm³/mol. The first-order valence-corrected chi connectivity index (χ1v) is 18.3. The smallest absolute Gasteiger partial charge is 0.160 e. The minimum absolute atomic E-state index is 0.674. The molecule has 52 heavy (non-hydrogen) atoms. The second-order valence-corrected chi connectivity index (χ2v) is 14.2. The van der Waals surface area contributed by atoms with Gasteiger partial charge in [0, 0.05) is 64.7 Å². The van der Waals surface area contributed by atoms with Crippen LogP contribution in [0.2, 0.25) is 0 Å². The van der Waals surface area contributed by atoms with Crippen molar-refractivity contribution in [2.45, 2.75) is 0 Å². The van der Waals surface area contributed by atoms with Crippen LogP contribution in [0, 0.1) is 0 Å². The molecule has 4 aromatic heterocycles. The Morgan fingerprint density at radius 3 is 1.94 bits per heavy atom. The molecule has 0 saturated carbocycles. The maximum Gasteiger partial charge on any atom is 0.160 e. The van der Waals surface area contributed by atoms with E-state index in [1.807, 2.05) is 35.7 Å². The summed E-state index contributed by atoms with van der Waals surface area (Å²) < 4.78 is 5.09. The van der Waals surface area contributed by atoms with E-state index in [1.165, 1.54) is 58.3 Å². The fourth-order valence-corrected chi connectivity index (χ4v) is 9.14. The third kappa shape index (κ3) is 4.36. The van der Waals surface area contributed by atoms with Crippen molar-refractivity contribution < 1.29 is 0 Å². The van der Waals surface area contributed by atoms with Crippen molar-refractivity contribution >= 4 is 75.1 Å². The number of fused-ring (bicyclic) bond motifs is 11. The van der Waals surface area contributed by atoms with Crippen LogP contribution in [0.5, 0.6) is 0 Å². The number of thiophene rings is 1. The second-order valence-electron chi connectivity index (χ2n) is 13.2. The quantitative estimate of drug-likeness (QED) is 0.186. The number of pyridine rings is 1.